The maximum Gasteiger partial charge on any atom is 0.251 e. The van der Waals surface area contributed by atoms with Gasteiger partial charge in [-0.2, -0.15) is 5.26 Å². The van der Waals surface area contributed by atoms with Gasteiger partial charge in [-0.05, 0) is 12.1 Å². The van der Waals surface area contributed by atoms with E-state index >= 15 is 0 Å². The molecule has 2 rings (SSSR count). The highest BCUT2D eigenvalue weighted by Gasteiger charge is 2.20. The van der Waals surface area contributed by atoms with Crippen molar-refractivity contribution >= 4 is 30.7 Å². The van der Waals surface area contributed by atoms with E-state index in [0.717, 1.165) is 5.56 Å². The van der Waals surface area contributed by atoms with Gasteiger partial charge in [0.1, 0.15) is 0 Å². The van der Waals surface area contributed by atoms with Gasteiger partial charge in [-0.3, -0.25) is 4.79 Å². The summed E-state index contributed by atoms with van der Waals surface area (Å²) in [6.45, 7) is 0.484. The van der Waals surface area contributed by atoms with E-state index in [1.165, 1.54) is 0 Å². The molecule has 1 heterocycles. The summed E-state index contributed by atoms with van der Waals surface area (Å²) in [6, 6.07) is 7.24. The normalized spacial score (nSPS) is 11.5. The van der Waals surface area contributed by atoms with Crippen LogP contribution in [0.1, 0.15) is 21.5 Å². The smallest absolute Gasteiger partial charge is 0.251 e. The zero-order valence-electron chi connectivity index (χ0n) is 7.11. The first kappa shape index (κ1) is 12.8. The third kappa shape index (κ3) is 1.82. The quantitative estimate of drug-likeness (QED) is 0.737. The van der Waals surface area contributed by atoms with Crippen LogP contribution in [0.5, 0.6) is 0 Å². The molecule has 1 aliphatic heterocycles. The monoisotopic (exact) mass is 230 g/mol. The van der Waals surface area contributed by atoms with E-state index in [1.54, 1.807) is 18.2 Å². The van der Waals surface area contributed by atoms with Crippen molar-refractivity contribution in [2.45, 2.75) is 6.54 Å². The summed E-state index contributed by atoms with van der Waals surface area (Å²) in [5.41, 5.74) is 2.05. The number of halogens is 2. The molecule has 1 N–H and O–H groups in total. The summed E-state index contributed by atoms with van der Waals surface area (Å²) in [7, 11) is 0. The van der Waals surface area contributed by atoms with Crippen molar-refractivity contribution in [1.82, 2.24) is 5.32 Å². The second-order valence-corrected chi connectivity index (χ2v) is 2.63. The third-order valence-corrected chi connectivity index (χ3v) is 1.97. The predicted molar refractivity (Wildman–Crippen MR) is 56.8 cm³/mol. The summed E-state index contributed by atoms with van der Waals surface area (Å²) >= 11 is 0. The van der Waals surface area contributed by atoms with E-state index in [4.69, 9.17) is 5.26 Å². The van der Waals surface area contributed by atoms with Crippen LogP contribution in [0.4, 0.5) is 0 Å². The van der Waals surface area contributed by atoms with Gasteiger partial charge < -0.3 is 5.32 Å². The molecule has 0 saturated carbocycles. The van der Waals surface area contributed by atoms with Crippen molar-refractivity contribution in [3.8, 4) is 6.07 Å². The number of nitrogens with zero attached hydrogens (tertiary/aromatic N) is 1. The van der Waals surface area contributed by atoms with E-state index in [2.05, 4.69) is 11.4 Å². The average Bonchev–Trinajstić information content (AvgIpc) is 2.48. The Balaban J connectivity index is 0.000000845. The first-order valence-corrected chi connectivity index (χ1v) is 3.63. The van der Waals surface area contributed by atoms with Gasteiger partial charge in [0, 0.05) is 17.7 Å². The predicted octanol–water partition coefficient (Wildman–Crippen LogP) is 1.65. The summed E-state index contributed by atoms with van der Waals surface area (Å²) < 4.78 is 0. The number of fused-ring (bicyclic) bond motifs is 1. The molecular formula is C9H8Cl2N2O. The molecule has 0 aliphatic carbocycles. The van der Waals surface area contributed by atoms with Crippen molar-refractivity contribution in [2.75, 3.05) is 0 Å². The molecule has 1 aliphatic rings. The molecule has 0 fully saturated rings. The lowest BCUT2D eigenvalue weighted by molar-refractivity contribution is 0.0966. The first-order chi connectivity index (χ1) is 5.83. The van der Waals surface area contributed by atoms with Gasteiger partial charge in [0.2, 0.25) is 0 Å². The highest BCUT2D eigenvalue weighted by Crippen LogP contribution is 2.18. The zero-order valence-corrected chi connectivity index (χ0v) is 8.74. The number of nitriles is 1. The van der Waals surface area contributed by atoms with Crippen LogP contribution in [0.3, 0.4) is 0 Å². The fourth-order valence-corrected chi connectivity index (χ4v) is 1.36. The lowest BCUT2D eigenvalue weighted by Crippen LogP contribution is -2.12. The fourth-order valence-electron chi connectivity index (χ4n) is 1.36. The van der Waals surface area contributed by atoms with Gasteiger partial charge in [0.15, 0.2) is 0 Å². The van der Waals surface area contributed by atoms with Crippen molar-refractivity contribution < 1.29 is 4.79 Å². The Morgan fingerprint density at radius 1 is 1.36 bits per heavy atom. The minimum atomic E-state index is -0.0814. The number of amides is 1. The van der Waals surface area contributed by atoms with Gasteiger partial charge in [0.25, 0.3) is 5.91 Å². The van der Waals surface area contributed by atoms with Gasteiger partial charge in [0.05, 0.1) is 11.6 Å². The highest BCUT2D eigenvalue weighted by molar-refractivity contribution is 5.98. The Bertz CT molecular complexity index is 398. The van der Waals surface area contributed by atoms with Crippen molar-refractivity contribution in [3.05, 3.63) is 34.9 Å². The van der Waals surface area contributed by atoms with E-state index in [0.29, 0.717) is 17.7 Å². The van der Waals surface area contributed by atoms with Crippen LogP contribution in [-0.2, 0) is 6.54 Å². The fraction of sp³-hybridized carbons (Fsp3) is 0.111. The molecule has 5 heteroatoms. The van der Waals surface area contributed by atoms with Gasteiger partial charge in [-0.25, -0.2) is 0 Å². The minimum absolute atomic E-state index is 0. The molecular weight excluding hydrogens is 223 g/mol. The average molecular weight is 231 g/mol. The second kappa shape index (κ2) is 4.85. The molecule has 0 radical (unpaired) electrons. The maximum absolute atomic E-state index is 11.1. The summed E-state index contributed by atoms with van der Waals surface area (Å²) in [6.07, 6.45) is 0. The Labute approximate surface area is 93.9 Å². The Morgan fingerprint density at radius 3 is 2.71 bits per heavy atom. The van der Waals surface area contributed by atoms with Crippen LogP contribution in [0.25, 0.3) is 0 Å². The van der Waals surface area contributed by atoms with Gasteiger partial charge in [-0.15, -0.1) is 24.8 Å². The van der Waals surface area contributed by atoms with Crippen LogP contribution in [0.15, 0.2) is 18.2 Å². The first-order valence-electron chi connectivity index (χ1n) is 3.63. The van der Waals surface area contributed by atoms with Crippen LogP contribution in [0.2, 0.25) is 0 Å². The van der Waals surface area contributed by atoms with Crippen molar-refractivity contribution in [3.63, 3.8) is 0 Å². The molecule has 0 unspecified atom stereocenters. The van der Waals surface area contributed by atoms with Crippen LogP contribution >= 0.6 is 24.8 Å². The molecule has 14 heavy (non-hydrogen) atoms. The van der Waals surface area contributed by atoms with Crippen LogP contribution in [0, 0.1) is 11.3 Å². The Hall–Kier alpha value is -1.24. The number of rotatable bonds is 0. The molecule has 0 bridgehead atoms. The second-order valence-electron chi connectivity index (χ2n) is 2.63. The molecule has 0 atom stereocenters. The SMILES string of the molecule is Cl.Cl.N#Cc1cccc2c1CNC2=O. The highest BCUT2D eigenvalue weighted by atomic mass is 35.5. The number of nitrogens with one attached hydrogen (secondary N) is 1. The summed E-state index contributed by atoms with van der Waals surface area (Å²) in [5, 5.41) is 11.4. The molecule has 0 saturated heterocycles. The largest absolute Gasteiger partial charge is 0.348 e. The zero-order chi connectivity index (χ0) is 8.55. The van der Waals surface area contributed by atoms with Gasteiger partial charge in [-0.1, -0.05) is 6.07 Å². The number of hydrogen-bond donors (Lipinski definition) is 1. The van der Waals surface area contributed by atoms with Crippen LogP contribution < -0.4 is 5.32 Å². The molecule has 0 spiro atoms. The van der Waals surface area contributed by atoms with E-state index < -0.39 is 0 Å². The Morgan fingerprint density at radius 2 is 2.07 bits per heavy atom. The molecule has 1 aromatic rings. The lowest BCUT2D eigenvalue weighted by atomic mass is 10.0. The van der Waals surface area contributed by atoms with Crippen LogP contribution in [-0.4, -0.2) is 5.91 Å². The standard InChI is InChI=1S/C9H6N2O.2ClH/c10-4-6-2-1-3-7-8(6)5-11-9(7)12;;/h1-3H,5H2,(H,11,12);2*1H. The molecule has 3 nitrogen and oxygen atoms in total. The minimum Gasteiger partial charge on any atom is -0.348 e. The van der Waals surface area contributed by atoms with E-state index in [9.17, 15) is 4.79 Å². The van der Waals surface area contributed by atoms with Crippen molar-refractivity contribution in [2.24, 2.45) is 0 Å². The molecule has 0 aromatic heterocycles. The Kier molecular flexibility index (Phi) is 4.42. The number of carbonyl (C=O) groups excluding carboxylic acids is 1. The molecule has 74 valence electrons. The number of hydrogen-bond acceptors (Lipinski definition) is 2. The lowest BCUT2D eigenvalue weighted by Gasteiger charge is -1.95. The summed E-state index contributed by atoms with van der Waals surface area (Å²) in [4.78, 5) is 11.1. The maximum atomic E-state index is 11.1. The third-order valence-electron chi connectivity index (χ3n) is 1.97. The van der Waals surface area contributed by atoms with E-state index in [-0.39, 0.29) is 30.7 Å². The molecule has 1 aromatic carbocycles. The topological polar surface area (TPSA) is 52.9 Å². The molecule has 1 amide bonds. The van der Waals surface area contributed by atoms with Crippen molar-refractivity contribution in [1.29, 1.82) is 5.26 Å². The number of carbonyl (C=O) groups is 1. The van der Waals surface area contributed by atoms with E-state index in [1.807, 2.05) is 0 Å². The van der Waals surface area contributed by atoms with Gasteiger partial charge >= 0.3 is 0 Å². The summed E-state index contributed by atoms with van der Waals surface area (Å²) in [5.74, 6) is -0.0814. The number of benzene rings is 1.